The molecule has 2 aromatic rings. The van der Waals surface area contributed by atoms with Crippen molar-refractivity contribution in [3.63, 3.8) is 0 Å². The monoisotopic (exact) mass is 312 g/mol. The van der Waals surface area contributed by atoms with Gasteiger partial charge in [-0.25, -0.2) is 4.98 Å². The van der Waals surface area contributed by atoms with E-state index in [0.29, 0.717) is 15.8 Å². The molecule has 6 heteroatoms. The highest BCUT2D eigenvalue weighted by Gasteiger charge is 2.11. The summed E-state index contributed by atoms with van der Waals surface area (Å²) in [6.45, 7) is 1.97. The van der Waals surface area contributed by atoms with Crippen molar-refractivity contribution in [3.8, 4) is 0 Å². The highest BCUT2D eigenvalue weighted by Crippen LogP contribution is 2.24. The molecule has 1 atom stereocenters. The molecular formula is C13H13ClN2OS2. The van der Waals surface area contributed by atoms with Gasteiger partial charge in [-0.1, -0.05) is 29.4 Å². The largest absolute Gasteiger partial charge is 0.348 e. The fourth-order valence-corrected chi connectivity index (χ4v) is 3.22. The number of thiophene rings is 1. The normalized spacial score (nSPS) is 12.1. The first-order valence-electron chi connectivity index (χ1n) is 5.73. The van der Waals surface area contributed by atoms with Crippen molar-refractivity contribution in [3.05, 3.63) is 45.7 Å². The zero-order chi connectivity index (χ0) is 13.7. The zero-order valence-electron chi connectivity index (χ0n) is 10.3. The summed E-state index contributed by atoms with van der Waals surface area (Å²) >= 11 is 8.96. The molecule has 2 heterocycles. The summed E-state index contributed by atoms with van der Waals surface area (Å²) in [4.78, 5) is 17.1. The van der Waals surface area contributed by atoms with Crippen molar-refractivity contribution in [1.29, 1.82) is 0 Å². The van der Waals surface area contributed by atoms with E-state index in [2.05, 4.69) is 10.3 Å². The van der Waals surface area contributed by atoms with Crippen molar-refractivity contribution < 1.29 is 4.79 Å². The van der Waals surface area contributed by atoms with Gasteiger partial charge >= 0.3 is 0 Å². The van der Waals surface area contributed by atoms with Gasteiger partial charge in [-0.15, -0.1) is 11.3 Å². The molecule has 19 heavy (non-hydrogen) atoms. The van der Waals surface area contributed by atoms with E-state index in [-0.39, 0.29) is 11.9 Å². The minimum atomic E-state index is -0.0207. The van der Waals surface area contributed by atoms with Gasteiger partial charge in [-0.2, -0.15) is 0 Å². The molecule has 1 amide bonds. The maximum Gasteiger partial charge on any atom is 0.230 e. The number of rotatable bonds is 5. The Kier molecular flexibility index (Phi) is 5.24. The zero-order valence-corrected chi connectivity index (χ0v) is 12.7. The minimum absolute atomic E-state index is 0.0207. The lowest BCUT2D eigenvalue weighted by Gasteiger charge is -2.11. The molecule has 0 spiro atoms. The number of nitrogens with zero attached hydrogens (tertiary/aromatic N) is 1. The quantitative estimate of drug-likeness (QED) is 0.855. The summed E-state index contributed by atoms with van der Waals surface area (Å²) in [7, 11) is 0. The number of aromatic nitrogens is 1. The van der Waals surface area contributed by atoms with Gasteiger partial charge in [0.05, 0.1) is 16.8 Å². The van der Waals surface area contributed by atoms with E-state index in [4.69, 9.17) is 11.6 Å². The maximum atomic E-state index is 11.8. The lowest BCUT2D eigenvalue weighted by molar-refractivity contribution is -0.119. The van der Waals surface area contributed by atoms with E-state index >= 15 is 0 Å². The Morgan fingerprint density at radius 3 is 3.05 bits per heavy atom. The lowest BCUT2D eigenvalue weighted by Crippen LogP contribution is -2.27. The maximum absolute atomic E-state index is 11.8. The first-order valence-corrected chi connectivity index (χ1v) is 7.97. The predicted octanol–water partition coefficient (Wildman–Crippen LogP) is 3.77. The van der Waals surface area contributed by atoms with Crippen LogP contribution in [0, 0.1) is 0 Å². The van der Waals surface area contributed by atoms with Gasteiger partial charge in [0.2, 0.25) is 5.91 Å². The molecule has 0 aliphatic carbocycles. The minimum Gasteiger partial charge on any atom is -0.348 e. The molecule has 0 saturated carbocycles. The Bertz CT molecular complexity index is 545. The lowest BCUT2D eigenvalue weighted by atomic mass is 10.3. The summed E-state index contributed by atoms with van der Waals surface area (Å²) in [5, 5.41) is 6.21. The summed E-state index contributed by atoms with van der Waals surface area (Å²) < 4.78 is 0. The number of nitrogens with one attached hydrogen (secondary N) is 1. The van der Waals surface area contributed by atoms with Crippen LogP contribution in [-0.2, 0) is 4.79 Å². The van der Waals surface area contributed by atoms with Crippen LogP contribution in [0.5, 0.6) is 0 Å². The van der Waals surface area contributed by atoms with Crippen LogP contribution in [0.2, 0.25) is 5.02 Å². The smallest absolute Gasteiger partial charge is 0.230 e. The van der Waals surface area contributed by atoms with E-state index < -0.39 is 0 Å². The molecule has 3 nitrogen and oxygen atoms in total. The van der Waals surface area contributed by atoms with Crippen molar-refractivity contribution in [1.82, 2.24) is 10.3 Å². The first kappa shape index (κ1) is 14.4. The Morgan fingerprint density at radius 2 is 2.37 bits per heavy atom. The molecule has 0 aromatic carbocycles. The number of hydrogen-bond acceptors (Lipinski definition) is 4. The summed E-state index contributed by atoms with van der Waals surface area (Å²) in [6.07, 6.45) is 1.67. The molecule has 0 bridgehead atoms. The van der Waals surface area contributed by atoms with Crippen LogP contribution >= 0.6 is 34.7 Å². The number of halogens is 1. The Hall–Kier alpha value is -1.04. The average molecular weight is 313 g/mol. The van der Waals surface area contributed by atoms with Gasteiger partial charge in [-0.05, 0) is 30.5 Å². The van der Waals surface area contributed by atoms with E-state index in [9.17, 15) is 4.79 Å². The third-order valence-corrected chi connectivity index (χ3v) is 4.89. The third-order valence-electron chi connectivity index (χ3n) is 2.41. The molecule has 0 fully saturated rings. The van der Waals surface area contributed by atoms with Gasteiger partial charge in [0.1, 0.15) is 5.03 Å². The molecule has 0 radical (unpaired) electrons. The number of hydrogen-bond donors (Lipinski definition) is 1. The van der Waals surface area contributed by atoms with E-state index in [1.54, 1.807) is 29.7 Å². The Labute approximate surface area is 125 Å². The fourth-order valence-electron chi connectivity index (χ4n) is 1.50. The van der Waals surface area contributed by atoms with Gasteiger partial charge in [0.25, 0.3) is 0 Å². The molecule has 0 saturated heterocycles. The topological polar surface area (TPSA) is 42.0 Å². The molecule has 2 aromatic heterocycles. The molecule has 0 unspecified atom stereocenters. The van der Waals surface area contributed by atoms with Gasteiger partial charge in [0, 0.05) is 11.1 Å². The molecule has 100 valence electrons. The van der Waals surface area contributed by atoms with Crippen LogP contribution in [-0.4, -0.2) is 16.6 Å². The molecule has 0 aliphatic heterocycles. The molecule has 1 N–H and O–H groups in total. The van der Waals surface area contributed by atoms with E-state index in [1.807, 2.05) is 24.4 Å². The molecule has 2 rings (SSSR count). The number of carbonyl (C=O) groups is 1. The van der Waals surface area contributed by atoms with Crippen LogP contribution in [0.25, 0.3) is 0 Å². The standard InChI is InChI=1S/C13H13ClN2OS2/c1-9(11-5-3-7-18-11)16-12(17)8-19-13-10(14)4-2-6-15-13/h2-7,9H,8H2,1H3,(H,16,17)/t9-/m0/s1. The van der Waals surface area contributed by atoms with E-state index in [1.165, 1.54) is 11.8 Å². The van der Waals surface area contributed by atoms with Crippen LogP contribution in [0.4, 0.5) is 0 Å². The summed E-state index contributed by atoms with van der Waals surface area (Å²) in [5.41, 5.74) is 0. The summed E-state index contributed by atoms with van der Waals surface area (Å²) in [6, 6.07) is 7.56. The van der Waals surface area contributed by atoms with Crippen LogP contribution in [0.1, 0.15) is 17.8 Å². The first-order chi connectivity index (χ1) is 9.16. The van der Waals surface area contributed by atoms with Gasteiger partial charge in [0.15, 0.2) is 0 Å². The highest BCUT2D eigenvalue weighted by molar-refractivity contribution is 8.00. The molecule has 0 aliphatic rings. The van der Waals surface area contributed by atoms with Crippen molar-refractivity contribution in [2.24, 2.45) is 0 Å². The average Bonchev–Trinajstić information content (AvgIpc) is 2.91. The second-order valence-corrected chi connectivity index (χ2v) is 6.23. The molecular weight excluding hydrogens is 300 g/mol. The number of thioether (sulfide) groups is 1. The fraction of sp³-hybridized carbons (Fsp3) is 0.231. The highest BCUT2D eigenvalue weighted by atomic mass is 35.5. The number of amides is 1. The number of carbonyl (C=O) groups excluding carboxylic acids is 1. The van der Waals surface area contributed by atoms with Crippen molar-refractivity contribution in [2.45, 2.75) is 18.0 Å². The number of pyridine rings is 1. The van der Waals surface area contributed by atoms with Gasteiger partial charge in [-0.3, -0.25) is 4.79 Å². The van der Waals surface area contributed by atoms with Crippen LogP contribution in [0.3, 0.4) is 0 Å². The van der Waals surface area contributed by atoms with E-state index in [0.717, 1.165) is 4.88 Å². The predicted molar refractivity (Wildman–Crippen MR) is 80.8 cm³/mol. The second kappa shape index (κ2) is 6.93. The Balaban J connectivity index is 1.84. The van der Waals surface area contributed by atoms with Crippen LogP contribution < -0.4 is 5.32 Å². The summed E-state index contributed by atoms with van der Waals surface area (Å²) in [5.74, 6) is 0.291. The van der Waals surface area contributed by atoms with Crippen molar-refractivity contribution >= 4 is 40.6 Å². The second-order valence-electron chi connectivity index (χ2n) is 3.88. The Morgan fingerprint density at radius 1 is 1.53 bits per heavy atom. The van der Waals surface area contributed by atoms with Gasteiger partial charge < -0.3 is 5.32 Å². The van der Waals surface area contributed by atoms with Crippen LogP contribution in [0.15, 0.2) is 40.9 Å². The third kappa shape index (κ3) is 4.23. The SMILES string of the molecule is C[C@H](NC(=O)CSc1ncccc1Cl)c1cccs1. The van der Waals surface area contributed by atoms with Crippen molar-refractivity contribution in [2.75, 3.05) is 5.75 Å².